The molecule has 1 aliphatic rings. The van der Waals surface area contributed by atoms with E-state index < -0.39 is 0 Å². The highest BCUT2D eigenvalue weighted by atomic mass is 16.3. The van der Waals surface area contributed by atoms with Crippen LogP contribution in [0.3, 0.4) is 0 Å². The first kappa shape index (κ1) is 26.2. The van der Waals surface area contributed by atoms with Crippen LogP contribution in [0.4, 0.5) is 0 Å². The maximum absolute atomic E-state index is 6.47. The van der Waals surface area contributed by atoms with Gasteiger partial charge in [-0.1, -0.05) is 111 Å². The SMILES string of the molecule is CC1(C)c2ccccc2-c2cc3c(cc21)c1ccccc1n3-c1cccc(-c2nc(-c3ccccc3)nc3c2oc2ccccc23)c1. The smallest absolute Gasteiger partial charge is 0.180 e. The second-order valence-corrected chi connectivity index (χ2v) is 13.0. The van der Waals surface area contributed by atoms with Crippen molar-refractivity contribution in [2.75, 3.05) is 0 Å². The second kappa shape index (κ2) is 9.51. The summed E-state index contributed by atoms with van der Waals surface area (Å²) in [6.45, 7) is 4.69. The van der Waals surface area contributed by atoms with E-state index in [1.807, 2.05) is 36.4 Å². The van der Waals surface area contributed by atoms with Crippen LogP contribution < -0.4 is 0 Å². The van der Waals surface area contributed by atoms with E-state index in [2.05, 4.69) is 122 Å². The third-order valence-corrected chi connectivity index (χ3v) is 10.0. The summed E-state index contributed by atoms with van der Waals surface area (Å²) in [6.07, 6.45) is 0. The third kappa shape index (κ3) is 3.70. The lowest BCUT2D eigenvalue weighted by Crippen LogP contribution is -2.14. The van der Waals surface area contributed by atoms with E-state index in [1.165, 1.54) is 44.1 Å². The fraction of sp³-hybridized carbons (Fsp3) is 0.0698. The van der Waals surface area contributed by atoms with Gasteiger partial charge in [-0.3, -0.25) is 0 Å². The molecule has 0 N–H and O–H groups in total. The van der Waals surface area contributed by atoms with Crippen LogP contribution in [-0.2, 0) is 5.41 Å². The first-order valence-electron chi connectivity index (χ1n) is 16.1. The van der Waals surface area contributed by atoms with E-state index in [9.17, 15) is 0 Å². The predicted molar refractivity (Wildman–Crippen MR) is 192 cm³/mol. The van der Waals surface area contributed by atoms with E-state index in [0.717, 1.165) is 39.0 Å². The van der Waals surface area contributed by atoms with Crippen molar-refractivity contribution in [2.45, 2.75) is 19.3 Å². The molecule has 0 fully saturated rings. The minimum Gasteiger partial charge on any atom is -0.452 e. The Morgan fingerprint density at radius 3 is 2.19 bits per heavy atom. The third-order valence-electron chi connectivity index (χ3n) is 10.0. The van der Waals surface area contributed by atoms with E-state index in [-0.39, 0.29) is 5.41 Å². The predicted octanol–water partition coefficient (Wildman–Crippen LogP) is 11.1. The summed E-state index contributed by atoms with van der Waals surface area (Å²) in [6, 6.07) is 49.3. The summed E-state index contributed by atoms with van der Waals surface area (Å²) >= 11 is 0. The van der Waals surface area contributed by atoms with Gasteiger partial charge in [0, 0.05) is 38.4 Å². The standard InChI is InChI=1S/C43H29N3O/c1-43(2)34-20-9-6-17-29(34)32-25-37-33(24-35(32)43)30-18-7-10-21-36(30)46(37)28-16-12-15-27(23-28)39-41-40(31-19-8-11-22-38(31)47-41)45-42(44-39)26-13-4-3-5-14-26/h3-25H,1-2H3. The minimum atomic E-state index is -0.0648. The van der Waals surface area contributed by atoms with Crippen molar-refractivity contribution >= 4 is 43.9 Å². The van der Waals surface area contributed by atoms with Crippen LogP contribution in [0.2, 0.25) is 0 Å². The molecule has 0 unspecified atom stereocenters. The summed E-state index contributed by atoms with van der Waals surface area (Å²) in [5.74, 6) is 0.679. The molecule has 10 rings (SSSR count). The fourth-order valence-corrected chi connectivity index (χ4v) is 7.74. The summed E-state index contributed by atoms with van der Waals surface area (Å²) < 4.78 is 8.87. The number of hydrogen-bond donors (Lipinski definition) is 0. The van der Waals surface area contributed by atoms with Crippen molar-refractivity contribution in [1.29, 1.82) is 0 Å². The number of aromatic nitrogens is 3. The first-order chi connectivity index (χ1) is 23.1. The van der Waals surface area contributed by atoms with Crippen LogP contribution in [0.25, 0.3) is 83.3 Å². The average molecular weight is 604 g/mol. The molecule has 4 heteroatoms. The molecule has 0 aliphatic heterocycles. The Labute approximate surface area is 271 Å². The van der Waals surface area contributed by atoms with Gasteiger partial charge < -0.3 is 8.98 Å². The number of rotatable bonds is 3. The Balaban J connectivity index is 1.24. The molecule has 6 aromatic carbocycles. The molecule has 0 atom stereocenters. The normalized spacial score (nSPS) is 13.5. The van der Waals surface area contributed by atoms with Gasteiger partial charge in [0.1, 0.15) is 16.8 Å². The average Bonchev–Trinajstić information content (AvgIpc) is 3.73. The lowest BCUT2D eigenvalue weighted by molar-refractivity contribution is 0.661. The number of benzene rings is 6. The molecule has 0 saturated heterocycles. The topological polar surface area (TPSA) is 43.9 Å². The van der Waals surface area contributed by atoms with Crippen LogP contribution in [0, 0.1) is 0 Å². The molecule has 0 spiro atoms. The van der Waals surface area contributed by atoms with Crippen molar-refractivity contribution in [3.63, 3.8) is 0 Å². The molecule has 0 bridgehead atoms. The van der Waals surface area contributed by atoms with Gasteiger partial charge in [-0.25, -0.2) is 9.97 Å². The van der Waals surface area contributed by atoms with Crippen molar-refractivity contribution < 1.29 is 4.42 Å². The quantitative estimate of drug-likeness (QED) is 0.202. The molecule has 9 aromatic rings. The first-order valence-corrected chi connectivity index (χ1v) is 16.1. The van der Waals surface area contributed by atoms with Gasteiger partial charge in [0.2, 0.25) is 0 Å². The lowest BCUT2D eigenvalue weighted by atomic mass is 9.82. The summed E-state index contributed by atoms with van der Waals surface area (Å²) in [5, 5.41) is 3.49. The highest BCUT2D eigenvalue weighted by molar-refractivity contribution is 6.12. The Kier molecular flexibility index (Phi) is 5.31. The van der Waals surface area contributed by atoms with E-state index >= 15 is 0 Å². The Hall–Kier alpha value is -6.00. The van der Waals surface area contributed by atoms with Crippen molar-refractivity contribution in [2.24, 2.45) is 0 Å². The number of para-hydroxylation sites is 2. The van der Waals surface area contributed by atoms with Crippen LogP contribution in [0.15, 0.2) is 144 Å². The molecule has 47 heavy (non-hydrogen) atoms. The molecule has 0 saturated carbocycles. The molecule has 0 radical (unpaired) electrons. The molecular weight excluding hydrogens is 574 g/mol. The number of hydrogen-bond acceptors (Lipinski definition) is 3. The summed E-state index contributed by atoms with van der Waals surface area (Å²) in [5.41, 5.74) is 13.8. The van der Waals surface area contributed by atoms with Crippen molar-refractivity contribution in [3.8, 4) is 39.5 Å². The fourth-order valence-electron chi connectivity index (χ4n) is 7.74. The molecule has 0 amide bonds. The molecular formula is C43H29N3O. The molecule has 3 aromatic heterocycles. The molecule has 3 heterocycles. The van der Waals surface area contributed by atoms with Crippen LogP contribution in [-0.4, -0.2) is 14.5 Å². The van der Waals surface area contributed by atoms with E-state index in [0.29, 0.717) is 11.4 Å². The Morgan fingerprint density at radius 1 is 0.553 bits per heavy atom. The maximum atomic E-state index is 6.47. The number of furan rings is 1. The maximum Gasteiger partial charge on any atom is 0.180 e. The molecule has 4 nitrogen and oxygen atoms in total. The summed E-state index contributed by atoms with van der Waals surface area (Å²) in [7, 11) is 0. The van der Waals surface area contributed by atoms with Gasteiger partial charge in [0.05, 0.1) is 11.0 Å². The van der Waals surface area contributed by atoms with E-state index in [1.54, 1.807) is 0 Å². The lowest BCUT2D eigenvalue weighted by Gasteiger charge is -2.21. The van der Waals surface area contributed by atoms with Crippen LogP contribution in [0.1, 0.15) is 25.0 Å². The second-order valence-electron chi connectivity index (χ2n) is 13.0. The van der Waals surface area contributed by atoms with E-state index in [4.69, 9.17) is 14.4 Å². The summed E-state index contributed by atoms with van der Waals surface area (Å²) in [4.78, 5) is 10.2. The van der Waals surface area contributed by atoms with Crippen LogP contribution in [0.5, 0.6) is 0 Å². The van der Waals surface area contributed by atoms with Crippen molar-refractivity contribution in [1.82, 2.24) is 14.5 Å². The van der Waals surface area contributed by atoms with Gasteiger partial charge in [-0.2, -0.15) is 0 Å². The van der Waals surface area contributed by atoms with Gasteiger partial charge in [0.15, 0.2) is 11.4 Å². The zero-order valence-electron chi connectivity index (χ0n) is 26.0. The monoisotopic (exact) mass is 603 g/mol. The van der Waals surface area contributed by atoms with Gasteiger partial charge >= 0.3 is 0 Å². The Morgan fingerprint density at radius 2 is 1.30 bits per heavy atom. The highest BCUT2D eigenvalue weighted by Crippen LogP contribution is 2.51. The minimum absolute atomic E-state index is 0.0648. The molecule has 1 aliphatic carbocycles. The number of fused-ring (bicyclic) bond motifs is 9. The van der Waals surface area contributed by atoms with Gasteiger partial charge in [-0.15, -0.1) is 0 Å². The zero-order chi connectivity index (χ0) is 31.3. The largest absolute Gasteiger partial charge is 0.452 e. The van der Waals surface area contributed by atoms with Crippen LogP contribution >= 0.6 is 0 Å². The number of nitrogens with zero attached hydrogens (tertiary/aromatic N) is 3. The Bertz CT molecular complexity index is 2710. The van der Waals surface area contributed by atoms with Crippen molar-refractivity contribution in [3.05, 3.63) is 151 Å². The highest BCUT2D eigenvalue weighted by Gasteiger charge is 2.36. The van der Waals surface area contributed by atoms with Gasteiger partial charge in [0.25, 0.3) is 0 Å². The van der Waals surface area contributed by atoms with Gasteiger partial charge in [-0.05, 0) is 64.7 Å². The zero-order valence-corrected chi connectivity index (χ0v) is 26.0. The molecule has 222 valence electrons.